The summed E-state index contributed by atoms with van der Waals surface area (Å²) >= 11 is 0. The van der Waals surface area contributed by atoms with Crippen LogP contribution >= 0.6 is 0 Å². The normalized spacial score (nSPS) is 17.2. The summed E-state index contributed by atoms with van der Waals surface area (Å²) in [6.07, 6.45) is 3.84. The van der Waals surface area contributed by atoms with Gasteiger partial charge < -0.3 is 4.90 Å². The van der Waals surface area contributed by atoms with Crippen molar-refractivity contribution in [3.8, 4) is 0 Å². The Morgan fingerprint density at radius 3 is 2.48 bits per heavy atom. The van der Waals surface area contributed by atoms with E-state index in [0.717, 1.165) is 44.7 Å². The first-order valence-electron chi connectivity index (χ1n) is 7.82. The zero-order chi connectivity index (χ0) is 15.5. The lowest BCUT2D eigenvalue weighted by atomic mass is 10.1. The second-order valence-electron chi connectivity index (χ2n) is 6.70. The molecule has 2 heterocycles. The first-order chi connectivity index (χ1) is 9.90. The number of hydrogen-bond acceptors (Lipinski definition) is 4. The molecular weight excluding hydrogens is 266 g/mol. The van der Waals surface area contributed by atoms with Gasteiger partial charge >= 0.3 is 0 Å². The number of carbonyl (C=O) groups excluding carboxylic acids is 1. The van der Waals surface area contributed by atoms with Gasteiger partial charge in [-0.25, -0.2) is 4.68 Å². The molecule has 2 rings (SSSR count). The minimum absolute atomic E-state index is 0.136. The molecule has 1 saturated heterocycles. The summed E-state index contributed by atoms with van der Waals surface area (Å²) in [6, 6.07) is 0. The molecule has 21 heavy (non-hydrogen) atoms. The zero-order valence-electron chi connectivity index (χ0n) is 13.7. The Bertz CT molecular complexity index is 469. The van der Waals surface area contributed by atoms with Crippen LogP contribution in [-0.4, -0.2) is 62.4 Å². The Labute approximate surface area is 127 Å². The minimum atomic E-state index is 0.136. The lowest BCUT2D eigenvalue weighted by Crippen LogP contribution is -2.55. The van der Waals surface area contributed by atoms with E-state index in [-0.39, 0.29) is 11.4 Å². The number of amides is 1. The second kappa shape index (κ2) is 6.56. The monoisotopic (exact) mass is 293 g/mol. The third kappa shape index (κ3) is 4.27. The number of aromatic nitrogens is 3. The van der Waals surface area contributed by atoms with E-state index >= 15 is 0 Å². The molecule has 0 N–H and O–H groups in total. The van der Waals surface area contributed by atoms with Crippen molar-refractivity contribution < 1.29 is 4.79 Å². The van der Waals surface area contributed by atoms with Crippen molar-refractivity contribution in [3.63, 3.8) is 0 Å². The lowest BCUT2D eigenvalue weighted by Gasteiger charge is -2.42. The van der Waals surface area contributed by atoms with Crippen molar-refractivity contribution in [3.05, 3.63) is 11.9 Å². The first kappa shape index (κ1) is 15.9. The Hall–Kier alpha value is -1.43. The maximum atomic E-state index is 12.3. The van der Waals surface area contributed by atoms with Crippen molar-refractivity contribution in [1.82, 2.24) is 24.8 Å². The van der Waals surface area contributed by atoms with Gasteiger partial charge in [0.2, 0.25) is 5.91 Å². The van der Waals surface area contributed by atoms with Gasteiger partial charge in [0.1, 0.15) is 6.54 Å². The van der Waals surface area contributed by atoms with Crippen LogP contribution in [0.1, 0.15) is 39.8 Å². The summed E-state index contributed by atoms with van der Waals surface area (Å²) in [4.78, 5) is 16.7. The molecule has 0 aromatic carbocycles. The number of hydrogen-bond donors (Lipinski definition) is 0. The molecule has 0 atom stereocenters. The summed E-state index contributed by atoms with van der Waals surface area (Å²) in [5.74, 6) is 0.136. The molecule has 6 heteroatoms. The summed E-state index contributed by atoms with van der Waals surface area (Å²) in [5, 5.41) is 8.12. The zero-order valence-corrected chi connectivity index (χ0v) is 13.7. The van der Waals surface area contributed by atoms with Crippen LogP contribution in [0.5, 0.6) is 0 Å². The SMILES string of the molecule is CCCc1cn(CC(=O)N2CCN(C(C)(C)C)CC2)nn1. The Balaban J connectivity index is 1.84. The van der Waals surface area contributed by atoms with Crippen LogP contribution in [-0.2, 0) is 17.8 Å². The average molecular weight is 293 g/mol. The van der Waals surface area contributed by atoms with Gasteiger partial charge in [0, 0.05) is 37.9 Å². The summed E-state index contributed by atoms with van der Waals surface area (Å²) in [5.41, 5.74) is 1.14. The van der Waals surface area contributed by atoms with E-state index in [1.54, 1.807) is 4.68 Å². The Morgan fingerprint density at radius 2 is 1.90 bits per heavy atom. The van der Waals surface area contributed by atoms with Gasteiger partial charge in [0.15, 0.2) is 0 Å². The predicted octanol–water partition coefficient (Wildman–Crippen LogP) is 1.17. The van der Waals surface area contributed by atoms with Crippen LogP contribution in [0.4, 0.5) is 0 Å². The molecule has 1 aromatic rings. The molecular formula is C15H27N5O. The molecule has 1 aliphatic rings. The average Bonchev–Trinajstić information content (AvgIpc) is 2.86. The molecule has 0 spiro atoms. The molecule has 0 saturated carbocycles. The van der Waals surface area contributed by atoms with Gasteiger partial charge in [-0.15, -0.1) is 5.10 Å². The highest BCUT2D eigenvalue weighted by Gasteiger charge is 2.27. The molecule has 118 valence electrons. The predicted molar refractivity (Wildman–Crippen MR) is 81.9 cm³/mol. The molecule has 1 aromatic heterocycles. The topological polar surface area (TPSA) is 54.3 Å². The van der Waals surface area contributed by atoms with Gasteiger partial charge in [-0.2, -0.15) is 0 Å². The van der Waals surface area contributed by atoms with Crippen molar-refractivity contribution >= 4 is 5.91 Å². The maximum absolute atomic E-state index is 12.3. The van der Waals surface area contributed by atoms with E-state index in [2.05, 4.69) is 42.9 Å². The number of piperazine rings is 1. The van der Waals surface area contributed by atoms with Crippen LogP contribution in [0, 0.1) is 0 Å². The number of aryl methyl sites for hydroxylation is 1. The van der Waals surface area contributed by atoms with E-state index in [9.17, 15) is 4.79 Å². The molecule has 0 bridgehead atoms. The maximum Gasteiger partial charge on any atom is 0.244 e. The van der Waals surface area contributed by atoms with E-state index in [0.29, 0.717) is 6.54 Å². The number of carbonyl (C=O) groups is 1. The standard InChI is InChI=1S/C15H27N5O/c1-5-6-13-11-20(17-16-13)12-14(21)18-7-9-19(10-8-18)15(2,3)4/h11H,5-10,12H2,1-4H3. The molecule has 1 amide bonds. The lowest BCUT2D eigenvalue weighted by molar-refractivity contribution is -0.134. The fraction of sp³-hybridized carbons (Fsp3) is 0.800. The van der Waals surface area contributed by atoms with Crippen molar-refractivity contribution in [2.45, 2.75) is 52.6 Å². The van der Waals surface area contributed by atoms with E-state index in [1.165, 1.54) is 0 Å². The second-order valence-corrected chi connectivity index (χ2v) is 6.70. The van der Waals surface area contributed by atoms with E-state index < -0.39 is 0 Å². The quantitative estimate of drug-likeness (QED) is 0.836. The highest BCUT2D eigenvalue weighted by atomic mass is 16.2. The smallest absolute Gasteiger partial charge is 0.244 e. The summed E-state index contributed by atoms with van der Waals surface area (Å²) < 4.78 is 1.66. The van der Waals surface area contributed by atoms with Crippen LogP contribution in [0.2, 0.25) is 0 Å². The number of rotatable bonds is 4. The van der Waals surface area contributed by atoms with Crippen molar-refractivity contribution in [1.29, 1.82) is 0 Å². The fourth-order valence-electron chi connectivity index (χ4n) is 2.65. The molecule has 0 unspecified atom stereocenters. The fourth-order valence-corrected chi connectivity index (χ4v) is 2.65. The van der Waals surface area contributed by atoms with Gasteiger partial charge in [0.05, 0.1) is 5.69 Å². The van der Waals surface area contributed by atoms with E-state index in [4.69, 9.17) is 0 Å². The Kier molecular flexibility index (Phi) is 4.98. The third-order valence-electron chi connectivity index (χ3n) is 3.97. The third-order valence-corrected chi connectivity index (χ3v) is 3.97. The van der Waals surface area contributed by atoms with Gasteiger partial charge in [-0.3, -0.25) is 9.69 Å². The van der Waals surface area contributed by atoms with Crippen LogP contribution in [0.25, 0.3) is 0 Å². The highest BCUT2D eigenvalue weighted by molar-refractivity contribution is 5.76. The van der Waals surface area contributed by atoms with Crippen LogP contribution in [0.3, 0.4) is 0 Å². The van der Waals surface area contributed by atoms with Crippen molar-refractivity contribution in [2.75, 3.05) is 26.2 Å². The summed E-state index contributed by atoms with van der Waals surface area (Å²) in [6.45, 7) is 12.5. The van der Waals surface area contributed by atoms with Gasteiger partial charge in [0.25, 0.3) is 0 Å². The molecule has 1 aliphatic heterocycles. The summed E-state index contributed by atoms with van der Waals surface area (Å²) in [7, 11) is 0. The highest BCUT2D eigenvalue weighted by Crippen LogP contribution is 2.15. The largest absolute Gasteiger partial charge is 0.339 e. The molecule has 6 nitrogen and oxygen atoms in total. The molecule has 1 fully saturated rings. The van der Waals surface area contributed by atoms with E-state index in [1.807, 2.05) is 11.1 Å². The van der Waals surface area contributed by atoms with Gasteiger partial charge in [-0.05, 0) is 27.2 Å². The van der Waals surface area contributed by atoms with Crippen LogP contribution < -0.4 is 0 Å². The van der Waals surface area contributed by atoms with Gasteiger partial charge in [-0.1, -0.05) is 18.6 Å². The van der Waals surface area contributed by atoms with Crippen LogP contribution in [0.15, 0.2) is 6.20 Å². The number of nitrogens with zero attached hydrogens (tertiary/aromatic N) is 5. The molecule has 0 radical (unpaired) electrons. The van der Waals surface area contributed by atoms with Crippen molar-refractivity contribution in [2.24, 2.45) is 0 Å². The Morgan fingerprint density at radius 1 is 1.24 bits per heavy atom. The molecule has 0 aliphatic carbocycles. The first-order valence-corrected chi connectivity index (χ1v) is 7.82. The minimum Gasteiger partial charge on any atom is -0.339 e.